The number of nitrogens with one attached hydrogen (secondary N) is 1. The average molecular weight is 417 g/mol. The molecule has 132 valence electrons. The van der Waals surface area contributed by atoms with Gasteiger partial charge in [0.1, 0.15) is 4.60 Å². The smallest absolute Gasteiger partial charge is 0.378 e. The molecule has 10 heteroatoms. The molecule has 2 N–H and O–H groups in total. The quantitative estimate of drug-likeness (QED) is 0.801. The Bertz CT molecular complexity index is 840. The molecule has 0 aliphatic carbocycles. The number of halogens is 4. The molecule has 0 unspecified atom stereocenters. The highest BCUT2D eigenvalue weighted by Gasteiger charge is 2.35. The number of carbonyl (C=O) groups excluding carboxylic acids is 1. The van der Waals surface area contributed by atoms with Crippen molar-refractivity contribution in [3.8, 4) is 6.07 Å². The molecule has 1 heterocycles. The number of nitriles is 1. The van der Waals surface area contributed by atoms with Crippen molar-refractivity contribution in [1.82, 2.24) is 9.55 Å². The molecule has 0 aliphatic heterocycles. The van der Waals surface area contributed by atoms with Crippen molar-refractivity contribution in [3.63, 3.8) is 0 Å². The van der Waals surface area contributed by atoms with E-state index >= 15 is 0 Å². The van der Waals surface area contributed by atoms with Gasteiger partial charge in [0, 0.05) is 11.9 Å². The normalized spacial score (nSPS) is 13.8. The van der Waals surface area contributed by atoms with Gasteiger partial charge in [-0.15, -0.1) is 0 Å². The third-order valence-electron chi connectivity index (χ3n) is 3.28. The summed E-state index contributed by atoms with van der Waals surface area (Å²) >= 11 is 3.12. The van der Waals surface area contributed by atoms with Crippen molar-refractivity contribution in [2.24, 2.45) is 0 Å². The Morgan fingerprint density at radius 1 is 1.48 bits per heavy atom. The van der Waals surface area contributed by atoms with Gasteiger partial charge in [-0.1, -0.05) is 0 Å². The Balaban J connectivity index is 2.21. The first kappa shape index (κ1) is 19.0. The maximum Gasteiger partial charge on any atom is 0.417 e. The summed E-state index contributed by atoms with van der Waals surface area (Å²) < 4.78 is 40.8. The van der Waals surface area contributed by atoms with Crippen LogP contribution >= 0.6 is 15.9 Å². The molecular weight excluding hydrogens is 405 g/mol. The number of imidazole rings is 1. The van der Waals surface area contributed by atoms with E-state index in [0.717, 1.165) is 12.1 Å². The second kappa shape index (κ2) is 6.85. The highest BCUT2D eigenvalue weighted by Crippen LogP contribution is 2.33. The summed E-state index contributed by atoms with van der Waals surface area (Å²) in [5, 5.41) is 21.3. The van der Waals surface area contributed by atoms with E-state index in [2.05, 4.69) is 26.2 Å². The fraction of sp³-hybridized carbons (Fsp3) is 0.267. The van der Waals surface area contributed by atoms with E-state index in [0.29, 0.717) is 10.7 Å². The molecule has 0 bridgehead atoms. The third kappa shape index (κ3) is 4.58. The monoisotopic (exact) mass is 416 g/mol. The Labute approximate surface area is 149 Å². The number of hydrogen-bond donors (Lipinski definition) is 2. The van der Waals surface area contributed by atoms with Crippen molar-refractivity contribution in [2.45, 2.75) is 25.2 Å². The lowest BCUT2D eigenvalue weighted by atomic mass is 10.0. The number of nitrogens with zero attached hydrogens (tertiary/aromatic N) is 3. The summed E-state index contributed by atoms with van der Waals surface area (Å²) in [4.78, 5) is 16.1. The predicted octanol–water partition coefficient (Wildman–Crippen LogP) is 2.93. The van der Waals surface area contributed by atoms with Crippen LogP contribution in [0.2, 0.25) is 0 Å². The Hall–Kier alpha value is -2.38. The Kier molecular flexibility index (Phi) is 5.20. The number of rotatable bonds is 4. The number of aromatic nitrogens is 2. The molecule has 25 heavy (non-hydrogen) atoms. The number of aliphatic hydroxyl groups is 1. The lowest BCUT2D eigenvalue weighted by Crippen LogP contribution is -2.43. The number of anilines is 1. The summed E-state index contributed by atoms with van der Waals surface area (Å²) in [6.07, 6.45) is -1.82. The maximum absolute atomic E-state index is 12.9. The molecule has 2 aromatic rings. The number of amides is 1. The van der Waals surface area contributed by atoms with Crippen molar-refractivity contribution in [3.05, 3.63) is 46.5 Å². The van der Waals surface area contributed by atoms with Crippen molar-refractivity contribution < 1.29 is 23.1 Å². The average Bonchev–Trinajstić information content (AvgIpc) is 2.90. The van der Waals surface area contributed by atoms with E-state index in [1.165, 1.54) is 30.1 Å². The largest absolute Gasteiger partial charge is 0.417 e. The zero-order chi connectivity index (χ0) is 18.8. The first-order valence-corrected chi connectivity index (χ1v) is 7.64. The fourth-order valence-electron chi connectivity index (χ4n) is 2.07. The third-order valence-corrected chi connectivity index (χ3v) is 3.69. The number of carbonyl (C=O) groups is 1. The first-order chi connectivity index (χ1) is 11.5. The second-order valence-corrected chi connectivity index (χ2v) is 6.28. The molecule has 2 rings (SSSR count). The van der Waals surface area contributed by atoms with Crippen molar-refractivity contribution >= 4 is 27.5 Å². The molecular formula is C15H12BrF3N4O2. The molecule has 1 aromatic heterocycles. The second-order valence-electron chi connectivity index (χ2n) is 5.47. The van der Waals surface area contributed by atoms with Crippen LogP contribution in [0.5, 0.6) is 0 Å². The van der Waals surface area contributed by atoms with Crippen LogP contribution < -0.4 is 5.32 Å². The summed E-state index contributed by atoms with van der Waals surface area (Å²) in [6, 6.07) is 4.22. The lowest BCUT2D eigenvalue weighted by Gasteiger charge is -2.23. The van der Waals surface area contributed by atoms with Crippen LogP contribution in [0.15, 0.2) is 35.3 Å². The fourth-order valence-corrected chi connectivity index (χ4v) is 2.42. The predicted molar refractivity (Wildman–Crippen MR) is 85.3 cm³/mol. The minimum atomic E-state index is -4.74. The van der Waals surface area contributed by atoms with E-state index in [1.54, 1.807) is 0 Å². The molecule has 0 saturated heterocycles. The van der Waals surface area contributed by atoms with Gasteiger partial charge in [0.2, 0.25) is 0 Å². The molecule has 1 amide bonds. The minimum absolute atomic E-state index is 0.153. The van der Waals surface area contributed by atoms with Crippen LogP contribution in [0.1, 0.15) is 18.1 Å². The number of hydrogen-bond acceptors (Lipinski definition) is 4. The van der Waals surface area contributed by atoms with Gasteiger partial charge in [-0.25, -0.2) is 4.98 Å². The highest BCUT2D eigenvalue weighted by atomic mass is 79.9. The van der Waals surface area contributed by atoms with E-state index in [1.807, 2.05) is 0 Å². The van der Waals surface area contributed by atoms with Crippen LogP contribution in [0.25, 0.3) is 0 Å². The molecule has 0 saturated carbocycles. The number of alkyl halides is 3. The van der Waals surface area contributed by atoms with Gasteiger partial charge in [0.15, 0.2) is 5.60 Å². The van der Waals surface area contributed by atoms with E-state index in [-0.39, 0.29) is 12.2 Å². The summed E-state index contributed by atoms with van der Waals surface area (Å²) in [6.45, 7) is 1.07. The van der Waals surface area contributed by atoms with Gasteiger partial charge < -0.3 is 15.0 Å². The maximum atomic E-state index is 12.9. The molecule has 0 radical (unpaired) electrons. The Morgan fingerprint density at radius 2 is 2.16 bits per heavy atom. The standard InChI is InChI=1S/C15H12BrF3N4O2/c1-14(25,7-23-6-12(16)21-8-23)13(24)22-10-3-2-9(5-20)11(4-10)15(17,18)19/h2-4,6,8,25H,7H2,1H3,(H,22,24)/t14-/m0/s1. The molecule has 1 aromatic carbocycles. The van der Waals surface area contributed by atoms with Crippen LogP contribution in [-0.2, 0) is 17.5 Å². The van der Waals surface area contributed by atoms with Gasteiger partial charge >= 0.3 is 6.18 Å². The zero-order valence-corrected chi connectivity index (χ0v) is 14.4. The molecule has 1 atom stereocenters. The van der Waals surface area contributed by atoms with E-state index < -0.39 is 28.8 Å². The van der Waals surface area contributed by atoms with Crippen molar-refractivity contribution in [1.29, 1.82) is 5.26 Å². The minimum Gasteiger partial charge on any atom is -0.378 e. The lowest BCUT2D eigenvalue weighted by molar-refractivity contribution is -0.138. The van der Waals surface area contributed by atoms with Crippen LogP contribution in [0.3, 0.4) is 0 Å². The van der Waals surface area contributed by atoms with Crippen LogP contribution in [0.4, 0.5) is 18.9 Å². The highest BCUT2D eigenvalue weighted by molar-refractivity contribution is 9.10. The number of benzene rings is 1. The van der Waals surface area contributed by atoms with Gasteiger partial charge in [-0.05, 0) is 41.1 Å². The van der Waals surface area contributed by atoms with Gasteiger partial charge in [0.05, 0.1) is 30.1 Å². The van der Waals surface area contributed by atoms with E-state index in [9.17, 15) is 23.1 Å². The molecule has 0 aliphatic rings. The van der Waals surface area contributed by atoms with Crippen molar-refractivity contribution in [2.75, 3.05) is 5.32 Å². The molecule has 0 fully saturated rings. The van der Waals surface area contributed by atoms with E-state index in [4.69, 9.17) is 5.26 Å². The SMILES string of the molecule is C[C@](O)(Cn1cnc(Br)c1)C(=O)Nc1ccc(C#N)c(C(F)(F)F)c1. The summed E-state index contributed by atoms with van der Waals surface area (Å²) in [5.74, 6) is -0.893. The molecule has 0 spiro atoms. The van der Waals surface area contributed by atoms with Gasteiger partial charge in [-0.2, -0.15) is 18.4 Å². The topological polar surface area (TPSA) is 90.9 Å². The van der Waals surface area contributed by atoms with Crippen LogP contribution in [0, 0.1) is 11.3 Å². The summed E-state index contributed by atoms with van der Waals surface area (Å²) in [5.41, 5.74) is -3.79. The van der Waals surface area contributed by atoms with Crippen LogP contribution in [-0.4, -0.2) is 26.2 Å². The zero-order valence-electron chi connectivity index (χ0n) is 12.8. The summed E-state index contributed by atoms with van der Waals surface area (Å²) in [7, 11) is 0. The molecule has 6 nitrogen and oxygen atoms in total. The first-order valence-electron chi connectivity index (χ1n) is 6.85. The Morgan fingerprint density at radius 3 is 2.68 bits per heavy atom. The van der Waals surface area contributed by atoms with Gasteiger partial charge in [0.25, 0.3) is 5.91 Å². The van der Waals surface area contributed by atoms with Gasteiger partial charge in [-0.3, -0.25) is 4.79 Å².